The van der Waals surface area contributed by atoms with E-state index in [2.05, 4.69) is 20.1 Å². The number of hydrogen-bond donors (Lipinski definition) is 1. The van der Waals surface area contributed by atoms with E-state index in [1.165, 1.54) is 0 Å². The Balaban J connectivity index is 1.55. The van der Waals surface area contributed by atoms with Crippen LogP contribution in [0.1, 0.15) is 46.5 Å². The highest BCUT2D eigenvalue weighted by Crippen LogP contribution is 2.31. The van der Waals surface area contributed by atoms with Gasteiger partial charge in [-0.05, 0) is 31.5 Å². The fraction of sp³-hybridized carbons (Fsp3) is 0.333. The molecule has 8 nitrogen and oxygen atoms in total. The molecular weight excluding hydrogens is 334 g/mol. The largest absolute Gasteiger partial charge is 0.478 e. The quantitative estimate of drug-likeness (QED) is 0.753. The van der Waals surface area contributed by atoms with Crippen LogP contribution < -0.4 is 0 Å². The van der Waals surface area contributed by atoms with E-state index in [0.717, 1.165) is 30.8 Å². The van der Waals surface area contributed by atoms with Crippen LogP contribution in [-0.2, 0) is 6.54 Å². The number of carbonyl (C=O) groups is 1. The molecule has 2 aromatic heterocycles. The normalized spacial score (nSPS) is 17.7. The first-order valence-corrected chi connectivity index (χ1v) is 8.52. The summed E-state index contributed by atoms with van der Waals surface area (Å²) in [5.41, 5.74) is 1.79. The number of carboxylic acids is 1. The predicted octanol–water partition coefficient (Wildman–Crippen LogP) is 2.60. The zero-order valence-corrected chi connectivity index (χ0v) is 14.4. The molecule has 26 heavy (non-hydrogen) atoms. The second kappa shape index (κ2) is 6.72. The van der Waals surface area contributed by atoms with Crippen LogP contribution in [0.2, 0.25) is 0 Å². The molecule has 0 aliphatic carbocycles. The van der Waals surface area contributed by atoms with Gasteiger partial charge in [0, 0.05) is 25.2 Å². The monoisotopic (exact) mass is 353 g/mol. The Morgan fingerprint density at radius 3 is 3.00 bits per heavy atom. The van der Waals surface area contributed by atoms with Gasteiger partial charge in [0.05, 0.1) is 23.5 Å². The van der Waals surface area contributed by atoms with Crippen molar-refractivity contribution in [3.8, 4) is 5.69 Å². The lowest BCUT2D eigenvalue weighted by Gasteiger charge is -2.20. The number of aromatic carboxylic acids is 1. The molecule has 1 aromatic carbocycles. The van der Waals surface area contributed by atoms with Gasteiger partial charge in [-0.1, -0.05) is 17.3 Å². The summed E-state index contributed by atoms with van der Waals surface area (Å²) in [6.07, 6.45) is 5.72. The maximum atomic E-state index is 11.4. The van der Waals surface area contributed by atoms with E-state index in [9.17, 15) is 9.90 Å². The molecule has 1 aliphatic heterocycles. The number of aromatic nitrogens is 4. The fourth-order valence-corrected chi connectivity index (χ4v) is 3.42. The molecule has 1 saturated heterocycles. The Hall–Kier alpha value is -3.00. The molecule has 1 aliphatic rings. The van der Waals surface area contributed by atoms with Gasteiger partial charge in [0.2, 0.25) is 5.89 Å². The van der Waals surface area contributed by atoms with Gasteiger partial charge >= 0.3 is 5.97 Å². The van der Waals surface area contributed by atoms with Gasteiger partial charge in [0.1, 0.15) is 0 Å². The third-order valence-electron chi connectivity index (χ3n) is 4.61. The van der Waals surface area contributed by atoms with Crippen molar-refractivity contribution in [1.29, 1.82) is 0 Å². The minimum absolute atomic E-state index is 0.141. The standard InChI is InChI=1S/C18H19N5O3/c1-12-20-17(21-26-12)16-7-4-8-22(16)10-13-9-19-23(11-13)15-6-3-2-5-14(15)18(24)25/h2-3,5-6,9,11,16H,4,7-8,10H2,1H3,(H,24,25)/t16-/m0/s1. The van der Waals surface area contributed by atoms with Crippen LogP contribution in [0.4, 0.5) is 0 Å². The number of likely N-dealkylation sites (tertiary alicyclic amines) is 1. The Kier molecular flexibility index (Phi) is 4.26. The molecule has 0 radical (unpaired) electrons. The first-order valence-electron chi connectivity index (χ1n) is 8.52. The third-order valence-corrected chi connectivity index (χ3v) is 4.61. The van der Waals surface area contributed by atoms with Gasteiger partial charge < -0.3 is 9.63 Å². The number of para-hydroxylation sites is 1. The second-order valence-electron chi connectivity index (χ2n) is 6.42. The van der Waals surface area contributed by atoms with E-state index >= 15 is 0 Å². The Morgan fingerprint density at radius 2 is 2.23 bits per heavy atom. The van der Waals surface area contributed by atoms with Crippen molar-refractivity contribution in [3.63, 3.8) is 0 Å². The summed E-state index contributed by atoms with van der Waals surface area (Å²) >= 11 is 0. The minimum atomic E-state index is -0.968. The van der Waals surface area contributed by atoms with E-state index in [1.54, 1.807) is 42.1 Å². The van der Waals surface area contributed by atoms with Crippen LogP contribution >= 0.6 is 0 Å². The van der Waals surface area contributed by atoms with E-state index in [-0.39, 0.29) is 11.6 Å². The van der Waals surface area contributed by atoms with E-state index in [0.29, 0.717) is 18.1 Å². The van der Waals surface area contributed by atoms with Crippen LogP contribution in [0.25, 0.3) is 5.69 Å². The van der Waals surface area contributed by atoms with Crippen molar-refractivity contribution in [2.75, 3.05) is 6.54 Å². The van der Waals surface area contributed by atoms with Crippen LogP contribution in [-0.4, -0.2) is 42.4 Å². The molecule has 134 valence electrons. The van der Waals surface area contributed by atoms with Crippen molar-refractivity contribution < 1.29 is 14.4 Å². The second-order valence-corrected chi connectivity index (χ2v) is 6.42. The summed E-state index contributed by atoms with van der Waals surface area (Å²) < 4.78 is 6.73. The highest BCUT2D eigenvalue weighted by molar-refractivity contribution is 5.91. The molecule has 0 amide bonds. The molecule has 1 N–H and O–H groups in total. The minimum Gasteiger partial charge on any atom is -0.478 e. The molecule has 1 atom stereocenters. The average molecular weight is 353 g/mol. The molecule has 1 fully saturated rings. The summed E-state index contributed by atoms with van der Waals surface area (Å²) in [7, 11) is 0. The van der Waals surface area contributed by atoms with Crippen molar-refractivity contribution in [3.05, 3.63) is 59.5 Å². The van der Waals surface area contributed by atoms with Gasteiger partial charge in [-0.2, -0.15) is 10.1 Å². The Labute approximate surface area is 150 Å². The zero-order valence-electron chi connectivity index (χ0n) is 14.4. The van der Waals surface area contributed by atoms with Gasteiger partial charge in [-0.15, -0.1) is 0 Å². The number of benzene rings is 1. The van der Waals surface area contributed by atoms with E-state index in [4.69, 9.17) is 4.52 Å². The smallest absolute Gasteiger partial charge is 0.337 e. The predicted molar refractivity (Wildman–Crippen MR) is 91.9 cm³/mol. The molecular formula is C18H19N5O3. The zero-order chi connectivity index (χ0) is 18.1. The van der Waals surface area contributed by atoms with Crippen LogP contribution in [0.15, 0.2) is 41.2 Å². The van der Waals surface area contributed by atoms with Crippen LogP contribution in [0.5, 0.6) is 0 Å². The van der Waals surface area contributed by atoms with E-state index in [1.807, 2.05) is 6.20 Å². The van der Waals surface area contributed by atoms with Gasteiger partial charge in [0.25, 0.3) is 0 Å². The summed E-state index contributed by atoms with van der Waals surface area (Å²) in [6.45, 7) is 3.45. The summed E-state index contributed by atoms with van der Waals surface area (Å²) in [4.78, 5) is 18.1. The molecule has 0 saturated carbocycles. The highest BCUT2D eigenvalue weighted by Gasteiger charge is 2.30. The van der Waals surface area contributed by atoms with Gasteiger partial charge in [-0.3, -0.25) is 4.90 Å². The maximum absolute atomic E-state index is 11.4. The fourth-order valence-electron chi connectivity index (χ4n) is 3.42. The Bertz CT molecular complexity index is 932. The maximum Gasteiger partial charge on any atom is 0.337 e. The average Bonchev–Trinajstić information content (AvgIpc) is 3.36. The molecule has 4 rings (SSSR count). The molecule has 0 bridgehead atoms. The first kappa shape index (κ1) is 16.5. The SMILES string of the molecule is Cc1nc([C@@H]2CCCN2Cc2cnn(-c3ccccc3C(=O)O)c2)no1. The number of nitrogens with zero attached hydrogens (tertiary/aromatic N) is 5. The van der Waals surface area contributed by atoms with Gasteiger partial charge in [0.15, 0.2) is 5.82 Å². The van der Waals surface area contributed by atoms with Crippen molar-refractivity contribution in [2.45, 2.75) is 32.4 Å². The summed E-state index contributed by atoms with van der Waals surface area (Å²) in [6, 6.07) is 6.98. The van der Waals surface area contributed by atoms with Crippen LogP contribution in [0, 0.1) is 6.92 Å². The summed E-state index contributed by atoms with van der Waals surface area (Å²) in [5, 5.41) is 17.8. The molecule has 8 heteroatoms. The van der Waals surface area contributed by atoms with Crippen molar-refractivity contribution in [2.24, 2.45) is 0 Å². The first-order chi connectivity index (χ1) is 12.6. The Morgan fingerprint density at radius 1 is 1.38 bits per heavy atom. The third kappa shape index (κ3) is 3.11. The number of aryl methyl sites for hydroxylation is 1. The van der Waals surface area contributed by atoms with Crippen molar-refractivity contribution >= 4 is 5.97 Å². The lowest BCUT2D eigenvalue weighted by molar-refractivity contribution is 0.0696. The number of carboxylic acid groups (broad SMARTS) is 1. The molecule has 0 unspecified atom stereocenters. The number of rotatable bonds is 5. The van der Waals surface area contributed by atoms with Crippen LogP contribution in [0.3, 0.4) is 0 Å². The summed E-state index contributed by atoms with van der Waals surface area (Å²) in [5.74, 6) is 0.332. The van der Waals surface area contributed by atoms with E-state index < -0.39 is 5.97 Å². The van der Waals surface area contributed by atoms with Gasteiger partial charge in [-0.25, -0.2) is 9.48 Å². The molecule has 3 heterocycles. The lowest BCUT2D eigenvalue weighted by atomic mass is 10.2. The lowest BCUT2D eigenvalue weighted by Crippen LogP contribution is -2.23. The highest BCUT2D eigenvalue weighted by atomic mass is 16.5. The molecule has 0 spiro atoms. The topological polar surface area (TPSA) is 97.3 Å². The molecule has 3 aromatic rings. The van der Waals surface area contributed by atoms with Crippen molar-refractivity contribution in [1.82, 2.24) is 24.8 Å². The number of hydrogen-bond acceptors (Lipinski definition) is 6.